The first kappa shape index (κ1) is 8.32. The summed E-state index contributed by atoms with van der Waals surface area (Å²) in [5, 5.41) is 1.31. The van der Waals surface area contributed by atoms with Gasteiger partial charge in [-0.3, -0.25) is 0 Å². The Kier molecular flexibility index (Phi) is 2.07. The van der Waals surface area contributed by atoms with E-state index in [1.807, 2.05) is 0 Å². The highest BCUT2D eigenvalue weighted by Gasteiger charge is 2.01. The van der Waals surface area contributed by atoms with Gasteiger partial charge in [0.2, 0.25) is 0 Å². The van der Waals surface area contributed by atoms with Crippen LogP contribution < -0.4 is 5.73 Å². The maximum atomic E-state index is 5.59. The second-order valence-electron chi connectivity index (χ2n) is 3.25. The number of benzene rings is 1. The molecule has 0 bridgehead atoms. The molecule has 0 saturated carbocycles. The summed E-state index contributed by atoms with van der Waals surface area (Å²) in [4.78, 5) is 3.25. The number of hydrogen-bond donors (Lipinski definition) is 2. The Morgan fingerprint density at radius 1 is 1.38 bits per heavy atom. The molecule has 1 heterocycles. The lowest BCUT2D eigenvalue weighted by molar-refractivity contribution is 1.07. The van der Waals surface area contributed by atoms with Crippen LogP contribution in [0.3, 0.4) is 0 Å². The van der Waals surface area contributed by atoms with Gasteiger partial charge in [0.05, 0.1) is 0 Å². The summed E-state index contributed by atoms with van der Waals surface area (Å²) in [6.45, 7) is 2.78. The molecular weight excluding hydrogens is 160 g/mol. The van der Waals surface area contributed by atoms with Crippen molar-refractivity contribution >= 4 is 10.9 Å². The van der Waals surface area contributed by atoms with E-state index in [1.54, 1.807) is 0 Å². The van der Waals surface area contributed by atoms with Gasteiger partial charge in [0.1, 0.15) is 0 Å². The van der Waals surface area contributed by atoms with Gasteiger partial charge in [-0.05, 0) is 29.7 Å². The lowest BCUT2D eigenvalue weighted by atomic mass is 10.1. The predicted octanol–water partition coefficient (Wildman–Crippen LogP) is 2.19. The number of nitrogens with one attached hydrogen (secondary N) is 1. The van der Waals surface area contributed by atoms with Gasteiger partial charge in [0.25, 0.3) is 0 Å². The Hall–Kier alpha value is -1.28. The maximum Gasteiger partial charge on any atom is 0.0457 e. The molecule has 0 amide bonds. The zero-order valence-corrected chi connectivity index (χ0v) is 7.80. The second-order valence-corrected chi connectivity index (χ2v) is 3.25. The van der Waals surface area contributed by atoms with Crippen LogP contribution in [-0.4, -0.2) is 4.98 Å². The average molecular weight is 174 g/mol. The van der Waals surface area contributed by atoms with E-state index in [1.165, 1.54) is 22.0 Å². The minimum atomic E-state index is 0.615. The molecule has 0 atom stereocenters. The topological polar surface area (TPSA) is 41.8 Å². The fourth-order valence-electron chi connectivity index (χ4n) is 1.65. The van der Waals surface area contributed by atoms with E-state index in [4.69, 9.17) is 5.73 Å². The third kappa shape index (κ3) is 1.33. The third-order valence-corrected chi connectivity index (χ3v) is 2.45. The smallest absolute Gasteiger partial charge is 0.0457 e. The molecule has 0 unspecified atom stereocenters. The maximum absolute atomic E-state index is 5.59. The molecule has 3 N–H and O–H groups in total. The van der Waals surface area contributed by atoms with E-state index in [0.717, 1.165) is 6.42 Å². The van der Waals surface area contributed by atoms with Crippen LogP contribution in [0.2, 0.25) is 0 Å². The zero-order chi connectivity index (χ0) is 9.26. The molecule has 0 radical (unpaired) electrons. The summed E-state index contributed by atoms with van der Waals surface area (Å²) in [6.07, 6.45) is 3.14. The van der Waals surface area contributed by atoms with Crippen molar-refractivity contribution in [1.82, 2.24) is 4.98 Å². The molecule has 2 nitrogen and oxygen atoms in total. The molecule has 0 saturated heterocycles. The Bertz CT molecular complexity index is 415. The number of nitrogens with two attached hydrogens (primary N) is 1. The molecule has 1 aromatic heterocycles. The van der Waals surface area contributed by atoms with E-state index in [0.29, 0.717) is 6.54 Å². The Labute approximate surface area is 77.8 Å². The van der Waals surface area contributed by atoms with Gasteiger partial charge in [0, 0.05) is 23.6 Å². The van der Waals surface area contributed by atoms with Crippen molar-refractivity contribution in [3.05, 3.63) is 35.5 Å². The number of rotatable bonds is 2. The molecule has 68 valence electrons. The van der Waals surface area contributed by atoms with Crippen LogP contribution >= 0.6 is 0 Å². The first-order valence-corrected chi connectivity index (χ1v) is 4.64. The van der Waals surface area contributed by atoms with E-state index >= 15 is 0 Å². The number of aromatic amines is 1. The van der Waals surface area contributed by atoms with Crippen molar-refractivity contribution in [3.63, 3.8) is 0 Å². The van der Waals surface area contributed by atoms with E-state index < -0.39 is 0 Å². The van der Waals surface area contributed by atoms with Gasteiger partial charge in [-0.15, -0.1) is 0 Å². The van der Waals surface area contributed by atoms with Crippen LogP contribution in [0.5, 0.6) is 0 Å². The summed E-state index contributed by atoms with van der Waals surface area (Å²) in [6, 6.07) is 6.33. The molecule has 1 aromatic carbocycles. The lowest BCUT2D eigenvalue weighted by Gasteiger charge is -1.98. The SMILES string of the molecule is CCc1c[nH]c2ccc(CN)cc12. The van der Waals surface area contributed by atoms with Crippen molar-refractivity contribution in [2.75, 3.05) is 0 Å². The Morgan fingerprint density at radius 2 is 2.23 bits per heavy atom. The highest BCUT2D eigenvalue weighted by atomic mass is 14.7. The van der Waals surface area contributed by atoms with Gasteiger partial charge < -0.3 is 10.7 Å². The van der Waals surface area contributed by atoms with Crippen LogP contribution in [0.4, 0.5) is 0 Å². The zero-order valence-electron chi connectivity index (χ0n) is 7.80. The van der Waals surface area contributed by atoms with E-state index in [2.05, 4.69) is 36.3 Å². The summed E-state index contributed by atoms with van der Waals surface area (Å²) in [5.41, 5.74) is 9.36. The Balaban J connectivity index is 2.64. The fraction of sp³-hybridized carbons (Fsp3) is 0.273. The van der Waals surface area contributed by atoms with Crippen LogP contribution in [0.15, 0.2) is 24.4 Å². The number of fused-ring (bicyclic) bond motifs is 1. The molecule has 2 heteroatoms. The molecule has 0 aliphatic heterocycles. The largest absolute Gasteiger partial charge is 0.361 e. The quantitative estimate of drug-likeness (QED) is 0.720. The summed E-state index contributed by atoms with van der Waals surface area (Å²) in [7, 11) is 0. The number of H-pyrrole nitrogens is 1. The molecule has 2 rings (SSSR count). The molecule has 2 aromatic rings. The molecular formula is C11H14N2. The fourth-order valence-corrected chi connectivity index (χ4v) is 1.65. The minimum Gasteiger partial charge on any atom is -0.361 e. The van der Waals surface area contributed by atoms with Crippen LogP contribution in [0.1, 0.15) is 18.1 Å². The number of aromatic nitrogens is 1. The first-order chi connectivity index (χ1) is 6.35. The Morgan fingerprint density at radius 3 is 2.92 bits per heavy atom. The first-order valence-electron chi connectivity index (χ1n) is 4.64. The summed E-state index contributed by atoms with van der Waals surface area (Å²) in [5.74, 6) is 0. The second kappa shape index (κ2) is 3.23. The van der Waals surface area contributed by atoms with E-state index in [-0.39, 0.29) is 0 Å². The summed E-state index contributed by atoms with van der Waals surface area (Å²) < 4.78 is 0. The van der Waals surface area contributed by atoms with Gasteiger partial charge >= 0.3 is 0 Å². The highest BCUT2D eigenvalue weighted by molar-refractivity contribution is 5.83. The van der Waals surface area contributed by atoms with Gasteiger partial charge in [-0.25, -0.2) is 0 Å². The minimum absolute atomic E-state index is 0.615. The third-order valence-electron chi connectivity index (χ3n) is 2.45. The summed E-state index contributed by atoms with van der Waals surface area (Å²) >= 11 is 0. The monoisotopic (exact) mass is 174 g/mol. The molecule has 0 fully saturated rings. The predicted molar refractivity (Wildman–Crippen MR) is 55.6 cm³/mol. The van der Waals surface area contributed by atoms with Crippen LogP contribution in [-0.2, 0) is 13.0 Å². The van der Waals surface area contributed by atoms with Gasteiger partial charge in [0.15, 0.2) is 0 Å². The number of hydrogen-bond acceptors (Lipinski definition) is 1. The van der Waals surface area contributed by atoms with Crippen molar-refractivity contribution < 1.29 is 0 Å². The van der Waals surface area contributed by atoms with E-state index in [9.17, 15) is 0 Å². The molecule has 0 aliphatic carbocycles. The molecule has 0 aliphatic rings. The molecule has 13 heavy (non-hydrogen) atoms. The van der Waals surface area contributed by atoms with Crippen molar-refractivity contribution in [2.45, 2.75) is 19.9 Å². The van der Waals surface area contributed by atoms with Crippen LogP contribution in [0.25, 0.3) is 10.9 Å². The van der Waals surface area contributed by atoms with Crippen molar-refractivity contribution in [3.8, 4) is 0 Å². The number of aryl methyl sites for hydroxylation is 1. The normalized spacial score (nSPS) is 10.9. The lowest BCUT2D eigenvalue weighted by Crippen LogP contribution is -1.95. The van der Waals surface area contributed by atoms with Crippen LogP contribution in [0, 0.1) is 0 Å². The highest BCUT2D eigenvalue weighted by Crippen LogP contribution is 2.19. The van der Waals surface area contributed by atoms with Gasteiger partial charge in [-0.1, -0.05) is 13.0 Å². The molecule has 0 spiro atoms. The van der Waals surface area contributed by atoms with Crippen molar-refractivity contribution in [1.29, 1.82) is 0 Å². The van der Waals surface area contributed by atoms with Crippen molar-refractivity contribution in [2.24, 2.45) is 5.73 Å². The average Bonchev–Trinajstić information content (AvgIpc) is 2.59. The standard InChI is InChI=1S/C11H14N2/c1-2-9-7-13-11-4-3-8(6-12)5-10(9)11/h3-5,7,13H,2,6,12H2,1H3. The van der Waals surface area contributed by atoms with Gasteiger partial charge in [-0.2, -0.15) is 0 Å².